The van der Waals surface area contributed by atoms with Crippen molar-refractivity contribution in [3.8, 4) is 5.75 Å². The number of anilines is 1. The maximum atomic E-state index is 12.3. The molecule has 1 aliphatic heterocycles. The summed E-state index contributed by atoms with van der Waals surface area (Å²) in [5.74, 6) is 0.654. The summed E-state index contributed by atoms with van der Waals surface area (Å²) >= 11 is 3.52. The molecule has 1 amide bonds. The molecule has 3 heterocycles. The number of amides is 1. The second-order valence-electron chi connectivity index (χ2n) is 8.67. The standard InChI is InChI=1S/C25H24BrN9O4/c1-28-24(37)21-18(33-34-27)20(36)25(39-21)35-13-32-19-22(30-12-31-23(19)35)29-10-15-9-16(26)7-8-17(15)38-11-14-5-3-2-4-6-14/h2-9,12-13,18,20-21,25,36H,10-11H2,1H3,(H,28,37)(H,29,30,31)/t18-,20+,21-,25+/m0/s1. The van der Waals surface area contributed by atoms with Crippen LogP contribution in [0.5, 0.6) is 5.75 Å². The van der Waals surface area contributed by atoms with Crippen LogP contribution in [0.4, 0.5) is 5.82 Å². The summed E-state index contributed by atoms with van der Waals surface area (Å²) in [6.45, 7) is 0.804. The van der Waals surface area contributed by atoms with Crippen LogP contribution in [-0.2, 0) is 22.7 Å². The van der Waals surface area contributed by atoms with Crippen LogP contribution in [0, 0.1) is 0 Å². The molecule has 3 N–H and O–H groups in total. The number of aromatic nitrogens is 4. The van der Waals surface area contributed by atoms with E-state index in [1.54, 1.807) is 0 Å². The summed E-state index contributed by atoms with van der Waals surface area (Å²) in [5.41, 5.74) is 11.7. The number of azide groups is 1. The number of aliphatic hydroxyl groups is 1. The SMILES string of the molecule is CNC(=O)[C@H]1O[C@@H](n2cnc3c(NCc4cc(Br)ccc4OCc4ccccc4)ncnc32)[C@H](O)[C@@H]1N=[N+]=[N-]. The third-order valence-electron chi connectivity index (χ3n) is 6.27. The van der Waals surface area contributed by atoms with Gasteiger partial charge in [-0.05, 0) is 29.3 Å². The molecule has 0 saturated carbocycles. The molecule has 0 spiro atoms. The van der Waals surface area contributed by atoms with Crippen molar-refractivity contribution < 1.29 is 19.4 Å². The number of halogens is 1. The lowest BCUT2D eigenvalue weighted by Gasteiger charge is -2.17. The molecule has 0 aliphatic carbocycles. The molecule has 1 fully saturated rings. The maximum Gasteiger partial charge on any atom is 0.249 e. The lowest BCUT2D eigenvalue weighted by atomic mass is 10.1. The number of rotatable bonds is 9. The minimum Gasteiger partial charge on any atom is -0.489 e. The fourth-order valence-electron chi connectivity index (χ4n) is 4.35. The summed E-state index contributed by atoms with van der Waals surface area (Å²) in [7, 11) is 1.43. The molecule has 200 valence electrons. The van der Waals surface area contributed by atoms with Gasteiger partial charge < -0.3 is 25.2 Å². The Balaban J connectivity index is 1.37. The zero-order chi connectivity index (χ0) is 27.4. The number of likely N-dealkylation sites (N-methyl/N-ethyl adjacent to an activating group) is 1. The molecule has 5 rings (SSSR count). The number of nitrogens with one attached hydrogen (secondary N) is 2. The van der Waals surface area contributed by atoms with E-state index in [0.717, 1.165) is 21.3 Å². The lowest BCUT2D eigenvalue weighted by Crippen LogP contribution is -2.40. The van der Waals surface area contributed by atoms with E-state index in [1.807, 2.05) is 48.5 Å². The smallest absolute Gasteiger partial charge is 0.249 e. The average molecular weight is 594 g/mol. The number of benzene rings is 2. The van der Waals surface area contributed by atoms with E-state index in [-0.39, 0.29) is 0 Å². The van der Waals surface area contributed by atoms with E-state index < -0.39 is 30.4 Å². The van der Waals surface area contributed by atoms with Crippen LogP contribution in [0.25, 0.3) is 21.6 Å². The van der Waals surface area contributed by atoms with E-state index in [9.17, 15) is 9.90 Å². The van der Waals surface area contributed by atoms with E-state index in [1.165, 1.54) is 24.3 Å². The van der Waals surface area contributed by atoms with Gasteiger partial charge in [-0.25, -0.2) is 15.0 Å². The summed E-state index contributed by atoms with van der Waals surface area (Å²) in [4.78, 5) is 28.1. The van der Waals surface area contributed by atoms with Gasteiger partial charge in [-0.2, -0.15) is 0 Å². The highest BCUT2D eigenvalue weighted by molar-refractivity contribution is 9.10. The van der Waals surface area contributed by atoms with Crippen LogP contribution in [0.3, 0.4) is 0 Å². The van der Waals surface area contributed by atoms with Crippen LogP contribution in [0.15, 0.2) is 70.8 Å². The molecule has 1 saturated heterocycles. The first-order chi connectivity index (χ1) is 19.0. The quantitative estimate of drug-likeness (QED) is 0.150. The minimum absolute atomic E-state index is 0.364. The van der Waals surface area contributed by atoms with E-state index >= 15 is 0 Å². The number of carbonyl (C=O) groups excluding carboxylic acids is 1. The molecular formula is C25H24BrN9O4. The van der Waals surface area contributed by atoms with Gasteiger partial charge in [0.2, 0.25) is 5.91 Å². The van der Waals surface area contributed by atoms with Crippen molar-refractivity contribution in [1.29, 1.82) is 0 Å². The number of ether oxygens (including phenoxy) is 2. The monoisotopic (exact) mass is 593 g/mol. The first-order valence-corrected chi connectivity index (χ1v) is 12.8. The molecule has 0 radical (unpaired) electrons. The molecule has 0 bridgehead atoms. The fourth-order valence-corrected chi connectivity index (χ4v) is 4.75. The zero-order valence-electron chi connectivity index (χ0n) is 20.7. The highest BCUT2D eigenvalue weighted by Gasteiger charge is 2.48. The van der Waals surface area contributed by atoms with Crippen molar-refractivity contribution >= 4 is 38.8 Å². The first kappa shape index (κ1) is 26.4. The normalized spacial score (nSPS) is 20.4. The second kappa shape index (κ2) is 11.7. The Hall–Kier alpha value is -4.23. The van der Waals surface area contributed by atoms with Gasteiger partial charge in [0, 0.05) is 28.5 Å². The number of carbonyl (C=O) groups is 1. The Morgan fingerprint density at radius 2 is 2.08 bits per heavy atom. The Bertz CT molecular complexity index is 1530. The Kier molecular flexibility index (Phi) is 7.89. The van der Waals surface area contributed by atoms with Crippen molar-refractivity contribution in [3.05, 3.63) is 87.2 Å². The number of hydrogen-bond acceptors (Lipinski definition) is 9. The van der Waals surface area contributed by atoms with Crippen molar-refractivity contribution in [2.75, 3.05) is 12.4 Å². The van der Waals surface area contributed by atoms with Gasteiger partial charge >= 0.3 is 0 Å². The number of imidazole rings is 1. The molecule has 4 aromatic rings. The number of aliphatic hydroxyl groups excluding tert-OH is 1. The highest BCUT2D eigenvalue weighted by atomic mass is 79.9. The molecule has 39 heavy (non-hydrogen) atoms. The molecule has 14 heteroatoms. The first-order valence-electron chi connectivity index (χ1n) is 12.0. The van der Waals surface area contributed by atoms with Gasteiger partial charge in [-0.15, -0.1) is 0 Å². The summed E-state index contributed by atoms with van der Waals surface area (Å²) in [5, 5.41) is 20.2. The van der Waals surface area contributed by atoms with Gasteiger partial charge in [-0.1, -0.05) is 51.4 Å². The van der Waals surface area contributed by atoms with Crippen LogP contribution >= 0.6 is 15.9 Å². The predicted octanol–water partition coefficient (Wildman–Crippen LogP) is 3.46. The summed E-state index contributed by atoms with van der Waals surface area (Å²) in [6, 6.07) is 14.5. The van der Waals surface area contributed by atoms with Crippen molar-refractivity contribution in [2.24, 2.45) is 5.11 Å². The zero-order valence-corrected chi connectivity index (χ0v) is 22.3. The fraction of sp³-hybridized carbons (Fsp3) is 0.280. The summed E-state index contributed by atoms with van der Waals surface area (Å²) in [6.07, 6.45) is -0.741. The Labute approximate surface area is 231 Å². The number of fused-ring (bicyclic) bond motifs is 1. The number of hydrogen-bond donors (Lipinski definition) is 3. The van der Waals surface area contributed by atoms with Crippen LogP contribution in [0.2, 0.25) is 0 Å². The molecule has 1 aliphatic rings. The Morgan fingerprint density at radius 1 is 1.26 bits per heavy atom. The maximum absolute atomic E-state index is 12.3. The highest BCUT2D eigenvalue weighted by Crippen LogP contribution is 2.34. The van der Waals surface area contributed by atoms with Crippen molar-refractivity contribution in [2.45, 2.75) is 37.6 Å². The van der Waals surface area contributed by atoms with E-state index in [4.69, 9.17) is 15.0 Å². The van der Waals surface area contributed by atoms with Gasteiger partial charge in [0.1, 0.15) is 36.9 Å². The van der Waals surface area contributed by atoms with Crippen LogP contribution in [0.1, 0.15) is 17.4 Å². The van der Waals surface area contributed by atoms with Crippen LogP contribution in [-0.4, -0.2) is 55.8 Å². The molecule has 4 atom stereocenters. The lowest BCUT2D eigenvalue weighted by molar-refractivity contribution is -0.134. The second-order valence-corrected chi connectivity index (χ2v) is 9.59. The van der Waals surface area contributed by atoms with Crippen molar-refractivity contribution in [1.82, 2.24) is 24.8 Å². The van der Waals surface area contributed by atoms with E-state index in [2.05, 4.69) is 51.5 Å². The molecule has 2 aromatic carbocycles. The molecule has 13 nitrogen and oxygen atoms in total. The third kappa shape index (κ3) is 5.49. The number of nitrogens with zero attached hydrogens (tertiary/aromatic N) is 7. The van der Waals surface area contributed by atoms with E-state index in [0.29, 0.717) is 30.1 Å². The van der Waals surface area contributed by atoms with Gasteiger partial charge in [0.05, 0.1) is 6.33 Å². The largest absolute Gasteiger partial charge is 0.489 e. The van der Waals surface area contributed by atoms with Crippen molar-refractivity contribution in [3.63, 3.8) is 0 Å². The Morgan fingerprint density at radius 3 is 2.85 bits per heavy atom. The van der Waals surface area contributed by atoms with Gasteiger partial charge in [-0.3, -0.25) is 9.36 Å². The third-order valence-corrected chi connectivity index (χ3v) is 6.76. The molecule has 2 aromatic heterocycles. The summed E-state index contributed by atoms with van der Waals surface area (Å²) < 4.78 is 14.3. The average Bonchev–Trinajstić information content (AvgIpc) is 3.53. The minimum atomic E-state index is -1.31. The van der Waals surface area contributed by atoms with Crippen LogP contribution < -0.4 is 15.4 Å². The topological polar surface area (TPSA) is 172 Å². The molecule has 0 unspecified atom stereocenters. The van der Waals surface area contributed by atoms with Gasteiger partial charge in [0.25, 0.3) is 0 Å². The van der Waals surface area contributed by atoms with Gasteiger partial charge in [0.15, 0.2) is 23.2 Å². The predicted molar refractivity (Wildman–Crippen MR) is 144 cm³/mol. The molecular weight excluding hydrogens is 570 g/mol.